The van der Waals surface area contributed by atoms with Crippen molar-refractivity contribution in [1.82, 2.24) is 20.2 Å². The van der Waals surface area contributed by atoms with Crippen LogP contribution in [0.15, 0.2) is 119 Å². The van der Waals surface area contributed by atoms with Crippen LogP contribution in [-0.4, -0.2) is 45.6 Å². The topological polar surface area (TPSA) is 128 Å². The van der Waals surface area contributed by atoms with E-state index >= 15 is 0 Å². The molecular formula is C31H29N5O5S2. The summed E-state index contributed by atoms with van der Waals surface area (Å²) < 4.78 is 43.1. The number of aliphatic hydroxyl groups is 1. The molecule has 1 aliphatic heterocycles. The SMILES string of the molecule is O=S(=O)(Nc1cccc([C@H]2O[C@@H](CSc3nnnn3-c3ccccc3)C[C@@H](c3ccc(CO)cc3)O2)c1)c1ccccc1. The lowest BCUT2D eigenvalue weighted by Crippen LogP contribution is -2.31. The maximum atomic E-state index is 12.9. The zero-order valence-corrected chi connectivity index (χ0v) is 24.6. The Morgan fingerprint density at radius 2 is 1.63 bits per heavy atom. The molecule has 43 heavy (non-hydrogen) atoms. The van der Waals surface area contributed by atoms with Crippen molar-refractivity contribution in [3.05, 3.63) is 126 Å². The average Bonchev–Trinajstić information content (AvgIpc) is 3.53. The number of tetrazole rings is 1. The van der Waals surface area contributed by atoms with Crippen LogP contribution in [0.3, 0.4) is 0 Å². The van der Waals surface area contributed by atoms with Crippen molar-refractivity contribution >= 4 is 27.5 Å². The maximum Gasteiger partial charge on any atom is 0.261 e. The van der Waals surface area contributed by atoms with Crippen molar-refractivity contribution < 1.29 is 23.0 Å². The first kappa shape index (κ1) is 29.0. The highest BCUT2D eigenvalue weighted by Gasteiger charge is 2.33. The Morgan fingerprint density at radius 3 is 2.37 bits per heavy atom. The molecule has 4 aromatic carbocycles. The molecule has 0 amide bonds. The van der Waals surface area contributed by atoms with Gasteiger partial charge in [-0.25, -0.2) is 8.42 Å². The molecule has 0 unspecified atom stereocenters. The summed E-state index contributed by atoms with van der Waals surface area (Å²) in [7, 11) is -3.77. The second-order valence-electron chi connectivity index (χ2n) is 9.91. The third-order valence-corrected chi connectivity index (χ3v) is 9.37. The molecule has 0 aliphatic carbocycles. The molecule has 10 nitrogen and oxygen atoms in total. The van der Waals surface area contributed by atoms with E-state index in [1.54, 1.807) is 53.2 Å². The molecule has 5 aromatic rings. The van der Waals surface area contributed by atoms with Crippen molar-refractivity contribution in [3.63, 3.8) is 0 Å². The molecule has 2 N–H and O–H groups in total. The van der Waals surface area contributed by atoms with Gasteiger partial charge in [-0.05, 0) is 58.0 Å². The molecule has 6 rings (SSSR count). The van der Waals surface area contributed by atoms with Gasteiger partial charge < -0.3 is 14.6 Å². The first-order valence-corrected chi connectivity index (χ1v) is 16.1. The van der Waals surface area contributed by atoms with Crippen LogP contribution in [0.1, 0.15) is 35.5 Å². The minimum absolute atomic E-state index is 0.0430. The Kier molecular flexibility index (Phi) is 8.82. The van der Waals surface area contributed by atoms with Crippen LogP contribution < -0.4 is 4.72 Å². The number of para-hydroxylation sites is 1. The average molecular weight is 616 g/mol. The fraction of sp³-hybridized carbons (Fsp3) is 0.194. The quantitative estimate of drug-likeness (QED) is 0.201. The minimum atomic E-state index is -3.77. The summed E-state index contributed by atoms with van der Waals surface area (Å²) in [5.41, 5.74) is 3.70. The largest absolute Gasteiger partial charge is 0.392 e. The van der Waals surface area contributed by atoms with Gasteiger partial charge in [-0.3, -0.25) is 4.72 Å². The lowest BCUT2D eigenvalue weighted by molar-refractivity contribution is -0.245. The van der Waals surface area contributed by atoms with E-state index < -0.39 is 16.3 Å². The van der Waals surface area contributed by atoms with Crippen LogP contribution in [-0.2, 0) is 26.1 Å². The van der Waals surface area contributed by atoms with Crippen LogP contribution in [0, 0.1) is 0 Å². The Bertz CT molecular complexity index is 1750. The molecule has 12 heteroatoms. The monoisotopic (exact) mass is 615 g/mol. The Hall–Kier alpha value is -4.07. The number of sulfonamides is 1. The van der Waals surface area contributed by atoms with Crippen LogP contribution in [0.4, 0.5) is 5.69 Å². The van der Waals surface area contributed by atoms with E-state index in [1.807, 2.05) is 60.7 Å². The minimum Gasteiger partial charge on any atom is -0.392 e. The van der Waals surface area contributed by atoms with E-state index in [2.05, 4.69) is 20.2 Å². The van der Waals surface area contributed by atoms with Gasteiger partial charge in [0.15, 0.2) is 6.29 Å². The summed E-state index contributed by atoms with van der Waals surface area (Å²) >= 11 is 1.49. The van der Waals surface area contributed by atoms with Gasteiger partial charge in [-0.2, -0.15) is 4.68 Å². The van der Waals surface area contributed by atoms with Crippen molar-refractivity contribution in [3.8, 4) is 5.69 Å². The van der Waals surface area contributed by atoms with Gasteiger partial charge in [0.1, 0.15) is 0 Å². The first-order valence-electron chi connectivity index (χ1n) is 13.6. The fourth-order valence-electron chi connectivity index (χ4n) is 4.75. The molecule has 2 heterocycles. The number of aromatic nitrogens is 4. The summed E-state index contributed by atoms with van der Waals surface area (Å²) in [6.45, 7) is -0.0430. The number of thioether (sulfide) groups is 1. The van der Waals surface area contributed by atoms with E-state index in [0.29, 0.717) is 28.6 Å². The number of anilines is 1. The zero-order chi connectivity index (χ0) is 29.6. The normalized spacial score (nSPS) is 18.8. The highest BCUT2D eigenvalue weighted by molar-refractivity contribution is 7.99. The number of benzene rings is 4. The van der Waals surface area contributed by atoms with Gasteiger partial charge in [0.05, 0.1) is 29.4 Å². The number of nitrogens with zero attached hydrogens (tertiary/aromatic N) is 4. The third kappa shape index (κ3) is 6.95. The van der Waals surface area contributed by atoms with Crippen LogP contribution >= 0.6 is 11.8 Å². The van der Waals surface area contributed by atoms with Crippen molar-refractivity contribution in [2.24, 2.45) is 0 Å². The third-order valence-electron chi connectivity index (χ3n) is 6.92. The molecule has 3 atom stereocenters. The molecular weight excluding hydrogens is 587 g/mol. The van der Waals surface area contributed by atoms with E-state index in [4.69, 9.17) is 9.47 Å². The van der Waals surface area contributed by atoms with Gasteiger partial charge >= 0.3 is 0 Å². The van der Waals surface area contributed by atoms with E-state index in [0.717, 1.165) is 16.8 Å². The van der Waals surface area contributed by atoms with E-state index in [-0.39, 0.29) is 23.7 Å². The summed E-state index contributed by atoms with van der Waals surface area (Å²) in [6, 6.07) is 32.6. The number of nitrogens with one attached hydrogen (secondary N) is 1. The molecule has 1 fully saturated rings. The van der Waals surface area contributed by atoms with Crippen LogP contribution in [0.5, 0.6) is 0 Å². The first-order chi connectivity index (χ1) is 21.0. The number of ether oxygens (including phenoxy) is 2. The van der Waals surface area contributed by atoms with Gasteiger partial charge in [0.2, 0.25) is 5.16 Å². The summed E-state index contributed by atoms with van der Waals surface area (Å²) in [4.78, 5) is 0.173. The van der Waals surface area contributed by atoms with E-state index in [1.165, 1.54) is 11.8 Å². The van der Waals surface area contributed by atoms with E-state index in [9.17, 15) is 13.5 Å². The molecule has 0 radical (unpaired) electrons. The lowest BCUT2D eigenvalue weighted by atomic mass is 10.0. The van der Waals surface area contributed by atoms with Crippen LogP contribution in [0.2, 0.25) is 0 Å². The van der Waals surface area contributed by atoms with Crippen molar-refractivity contribution in [2.75, 3.05) is 10.5 Å². The smallest absolute Gasteiger partial charge is 0.261 e. The second kappa shape index (κ2) is 13.1. The molecule has 1 saturated heterocycles. The fourth-order valence-corrected chi connectivity index (χ4v) is 6.73. The number of rotatable bonds is 10. The van der Waals surface area contributed by atoms with Crippen molar-refractivity contribution in [1.29, 1.82) is 0 Å². The molecule has 220 valence electrons. The van der Waals surface area contributed by atoms with Crippen LogP contribution in [0.25, 0.3) is 5.69 Å². The Labute approximate surface area is 253 Å². The maximum absolute atomic E-state index is 12.9. The predicted molar refractivity (Wildman–Crippen MR) is 162 cm³/mol. The predicted octanol–water partition coefficient (Wildman–Crippen LogP) is 5.29. The lowest BCUT2D eigenvalue weighted by Gasteiger charge is -2.36. The molecule has 0 spiro atoms. The Morgan fingerprint density at radius 1 is 0.884 bits per heavy atom. The molecule has 0 bridgehead atoms. The molecule has 0 saturated carbocycles. The second-order valence-corrected chi connectivity index (χ2v) is 12.6. The highest BCUT2D eigenvalue weighted by Crippen LogP contribution is 2.40. The van der Waals surface area contributed by atoms with Gasteiger partial charge in [-0.1, -0.05) is 84.6 Å². The number of aliphatic hydroxyl groups excluding tert-OH is 1. The Balaban J connectivity index is 1.23. The summed E-state index contributed by atoms with van der Waals surface area (Å²) in [5.74, 6) is 0.554. The van der Waals surface area contributed by atoms with Gasteiger partial charge in [0.25, 0.3) is 10.0 Å². The van der Waals surface area contributed by atoms with Crippen molar-refractivity contribution in [2.45, 2.75) is 41.6 Å². The molecule has 1 aliphatic rings. The number of hydrogen-bond donors (Lipinski definition) is 2. The highest BCUT2D eigenvalue weighted by atomic mass is 32.2. The molecule has 1 aromatic heterocycles. The zero-order valence-electron chi connectivity index (χ0n) is 22.9. The summed E-state index contributed by atoms with van der Waals surface area (Å²) in [6.07, 6.45) is -0.716. The number of hydrogen-bond acceptors (Lipinski definition) is 9. The summed E-state index contributed by atoms with van der Waals surface area (Å²) in [5, 5.41) is 22.4. The van der Waals surface area contributed by atoms with Gasteiger partial charge in [0, 0.05) is 23.4 Å². The van der Waals surface area contributed by atoms with Gasteiger partial charge in [-0.15, -0.1) is 5.10 Å². The standard InChI is InChI=1S/C31H29N5O5S2/c37-20-22-14-16-23(17-15-22)29-19-27(21-42-31-32-34-35-36(31)26-10-3-1-4-11-26)40-30(41-29)24-8-7-9-25(18-24)33-43(38,39)28-12-5-2-6-13-28/h1-18,27,29-30,33,37H,19-21H2/t27-,29+,30+/m1/s1.